The Bertz CT molecular complexity index is 522. The molecule has 0 fully saturated rings. The van der Waals surface area contributed by atoms with Crippen LogP contribution in [0.1, 0.15) is 5.56 Å². The van der Waals surface area contributed by atoms with Gasteiger partial charge in [-0.15, -0.1) is 0 Å². The van der Waals surface area contributed by atoms with Gasteiger partial charge in [0, 0.05) is 0 Å². The maximum Gasteiger partial charge on any atom is 0.317 e. The lowest BCUT2D eigenvalue weighted by Gasteiger charge is -2.19. The Balaban J connectivity index is 2.32. The number of rotatable bonds is 4. The average Bonchev–Trinajstić information content (AvgIpc) is 2.38. The standard InChI is InChI=1S/C14H10Cl2NO/c15-12-7-4-8-13(16)14(12)17(10-18)9-11-5-2-1-3-6-11/h1-8H,9H2. The summed E-state index contributed by atoms with van der Waals surface area (Å²) in [6, 6.07) is 14.7. The SMILES string of the molecule is O=[C]N(Cc1ccccc1)c1c(Cl)cccc1Cl. The smallest absolute Gasteiger partial charge is 0.297 e. The van der Waals surface area contributed by atoms with Crippen molar-refractivity contribution in [3.05, 3.63) is 64.1 Å². The minimum Gasteiger partial charge on any atom is -0.297 e. The van der Waals surface area contributed by atoms with Gasteiger partial charge in [-0.3, -0.25) is 9.69 Å². The van der Waals surface area contributed by atoms with Crippen molar-refractivity contribution in [3.63, 3.8) is 0 Å². The molecule has 2 aromatic rings. The van der Waals surface area contributed by atoms with Crippen molar-refractivity contribution in [1.82, 2.24) is 0 Å². The highest BCUT2D eigenvalue weighted by Gasteiger charge is 2.14. The third-order valence-corrected chi connectivity index (χ3v) is 3.11. The van der Waals surface area contributed by atoms with Gasteiger partial charge >= 0.3 is 6.41 Å². The molecule has 0 saturated carbocycles. The monoisotopic (exact) mass is 278 g/mol. The molecule has 0 N–H and O–H groups in total. The highest BCUT2D eigenvalue weighted by Crippen LogP contribution is 2.33. The quantitative estimate of drug-likeness (QED) is 0.772. The van der Waals surface area contributed by atoms with E-state index in [1.807, 2.05) is 36.7 Å². The fourth-order valence-corrected chi connectivity index (χ4v) is 2.27. The molecular formula is C14H10Cl2NO. The Morgan fingerprint density at radius 1 is 0.944 bits per heavy atom. The lowest BCUT2D eigenvalue weighted by molar-refractivity contribution is 0.551. The highest BCUT2D eigenvalue weighted by atomic mass is 35.5. The van der Waals surface area contributed by atoms with E-state index in [1.54, 1.807) is 18.2 Å². The third-order valence-electron chi connectivity index (χ3n) is 2.50. The van der Waals surface area contributed by atoms with E-state index >= 15 is 0 Å². The van der Waals surface area contributed by atoms with E-state index in [9.17, 15) is 4.79 Å². The van der Waals surface area contributed by atoms with Gasteiger partial charge in [-0.05, 0) is 17.7 Å². The van der Waals surface area contributed by atoms with Crippen LogP contribution < -0.4 is 4.90 Å². The normalized spacial score (nSPS) is 10.1. The van der Waals surface area contributed by atoms with E-state index < -0.39 is 0 Å². The molecule has 0 aliphatic heterocycles. The third kappa shape index (κ3) is 2.84. The summed E-state index contributed by atoms with van der Waals surface area (Å²) < 4.78 is 0. The van der Waals surface area contributed by atoms with Gasteiger partial charge in [0.1, 0.15) is 0 Å². The predicted octanol–water partition coefficient (Wildman–Crippen LogP) is 4.07. The largest absolute Gasteiger partial charge is 0.317 e. The van der Waals surface area contributed by atoms with Gasteiger partial charge in [-0.1, -0.05) is 59.6 Å². The molecule has 0 atom stereocenters. The number of carbonyl (C=O) groups excluding carboxylic acids is 1. The summed E-state index contributed by atoms with van der Waals surface area (Å²) in [4.78, 5) is 12.5. The molecule has 0 aromatic heterocycles. The number of hydrogen-bond donors (Lipinski definition) is 0. The summed E-state index contributed by atoms with van der Waals surface area (Å²) in [5.41, 5.74) is 1.47. The molecule has 2 aromatic carbocycles. The summed E-state index contributed by atoms with van der Waals surface area (Å²) in [7, 11) is 0. The number of benzene rings is 2. The Morgan fingerprint density at radius 2 is 1.56 bits per heavy atom. The Morgan fingerprint density at radius 3 is 2.11 bits per heavy atom. The van der Waals surface area contributed by atoms with E-state index in [0.717, 1.165) is 5.56 Å². The van der Waals surface area contributed by atoms with Crippen molar-refractivity contribution in [2.75, 3.05) is 4.90 Å². The minimum absolute atomic E-state index is 0.383. The first kappa shape index (κ1) is 12.9. The predicted molar refractivity (Wildman–Crippen MR) is 74.8 cm³/mol. The molecule has 0 aliphatic carbocycles. The second-order valence-electron chi connectivity index (χ2n) is 3.73. The summed E-state index contributed by atoms with van der Waals surface area (Å²) in [6.07, 6.45) is 1.86. The number of hydrogen-bond acceptors (Lipinski definition) is 1. The van der Waals surface area contributed by atoms with Crippen LogP contribution in [0.3, 0.4) is 0 Å². The van der Waals surface area contributed by atoms with E-state index in [-0.39, 0.29) is 0 Å². The van der Waals surface area contributed by atoms with E-state index in [4.69, 9.17) is 23.2 Å². The van der Waals surface area contributed by atoms with Crippen LogP contribution in [0.15, 0.2) is 48.5 Å². The van der Waals surface area contributed by atoms with Crippen molar-refractivity contribution in [2.45, 2.75) is 6.54 Å². The highest BCUT2D eigenvalue weighted by molar-refractivity contribution is 6.39. The molecule has 1 amide bonds. The topological polar surface area (TPSA) is 20.3 Å². The number of nitrogens with zero attached hydrogens (tertiary/aromatic N) is 1. The maximum atomic E-state index is 11.1. The van der Waals surface area contributed by atoms with Gasteiger partial charge in [0.15, 0.2) is 0 Å². The second-order valence-corrected chi connectivity index (χ2v) is 4.55. The Hall–Kier alpha value is -1.51. The molecule has 0 saturated heterocycles. The van der Waals surface area contributed by atoms with Crippen LogP contribution in [0.5, 0.6) is 0 Å². The molecule has 0 aliphatic rings. The van der Waals surface area contributed by atoms with Gasteiger partial charge in [0.25, 0.3) is 0 Å². The summed E-state index contributed by atoms with van der Waals surface area (Å²) >= 11 is 12.1. The lowest BCUT2D eigenvalue weighted by Crippen LogP contribution is -2.21. The van der Waals surface area contributed by atoms with E-state index in [2.05, 4.69) is 0 Å². The zero-order chi connectivity index (χ0) is 13.0. The van der Waals surface area contributed by atoms with Crippen molar-refractivity contribution >= 4 is 35.3 Å². The van der Waals surface area contributed by atoms with Crippen LogP contribution in [0, 0.1) is 0 Å². The van der Waals surface area contributed by atoms with Crippen molar-refractivity contribution in [1.29, 1.82) is 0 Å². The molecular weight excluding hydrogens is 269 g/mol. The maximum absolute atomic E-state index is 11.1. The average molecular weight is 279 g/mol. The van der Waals surface area contributed by atoms with Crippen LogP contribution in [0.2, 0.25) is 10.0 Å². The molecule has 0 bridgehead atoms. The molecule has 2 rings (SSSR count). The molecule has 1 radical (unpaired) electrons. The molecule has 2 nitrogen and oxygen atoms in total. The van der Waals surface area contributed by atoms with Crippen molar-refractivity contribution in [2.24, 2.45) is 0 Å². The molecule has 18 heavy (non-hydrogen) atoms. The van der Waals surface area contributed by atoms with Gasteiger partial charge in [0.2, 0.25) is 0 Å². The van der Waals surface area contributed by atoms with E-state index in [0.29, 0.717) is 22.3 Å². The first-order valence-corrected chi connectivity index (χ1v) is 6.11. The Labute approximate surface area is 116 Å². The zero-order valence-electron chi connectivity index (χ0n) is 9.44. The molecule has 91 valence electrons. The Kier molecular flexibility index (Phi) is 4.24. The van der Waals surface area contributed by atoms with Crippen LogP contribution >= 0.6 is 23.2 Å². The van der Waals surface area contributed by atoms with Gasteiger partial charge in [0.05, 0.1) is 22.3 Å². The van der Waals surface area contributed by atoms with Crippen LogP contribution in [0.4, 0.5) is 5.69 Å². The number of anilines is 1. The van der Waals surface area contributed by atoms with Gasteiger partial charge in [-0.2, -0.15) is 0 Å². The summed E-state index contributed by atoms with van der Waals surface area (Å²) in [5.74, 6) is 0. The second kappa shape index (κ2) is 5.89. The first-order chi connectivity index (χ1) is 8.72. The molecule has 0 spiro atoms. The zero-order valence-corrected chi connectivity index (χ0v) is 10.9. The summed E-state index contributed by atoms with van der Waals surface area (Å²) in [6.45, 7) is 0.383. The lowest BCUT2D eigenvalue weighted by atomic mass is 10.2. The molecule has 0 unspecified atom stereocenters. The molecule has 0 heterocycles. The summed E-state index contributed by atoms with van der Waals surface area (Å²) in [5, 5.41) is 0.864. The minimum atomic E-state index is 0.383. The van der Waals surface area contributed by atoms with Crippen LogP contribution in [-0.4, -0.2) is 6.41 Å². The van der Waals surface area contributed by atoms with Gasteiger partial charge < -0.3 is 0 Å². The van der Waals surface area contributed by atoms with Crippen LogP contribution in [-0.2, 0) is 11.3 Å². The number of amides is 1. The van der Waals surface area contributed by atoms with Crippen LogP contribution in [0.25, 0.3) is 0 Å². The number of halogens is 2. The fraction of sp³-hybridized carbons (Fsp3) is 0.0714. The molecule has 4 heteroatoms. The van der Waals surface area contributed by atoms with Crippen molar-refractivity contribution < 1.29 is 4.79 Å². The van der Waals surface area contributed by atoms with E-state index in [1.165, 1.54) is 4.90 Å². The number of para-hydroxylation sites is 1. The fourth-order valence-electron chi connectivity index (χ4n) is 1.67. The van der Waals surface area contributed by atoms with Gasteiger partial charge in [-0.25, -0.2) is 0 Å². The van der Waals surface area contributed by atoms with Crippen molar-refractivity contribution in [3.8, 4) is 0 Å². The first-order valence-electron chi connectivity index (χ1n) is 5.35.